The lowest BCUT2D eigenvalue weighted by atomic mass is 9.97. The van der Waals surface area contributed by atoms with E-state index in [1.54, 1.807) is 0 Å². The van der Waals surface area contributed by atoms with Crippen LogP contribution in [0.2, 0.25) is 0 Å². The van der Waals surface area contributed by atoms with Gasteiger partial charge < -0.3 is 10.5 Å². The third-order valence-corrected chi connectivity index (χ3v) is 5.10. The second-order valence-electron chi connectivity index (χ2n) is 8.02. The highest BCUT2D eigenvalue weighted by Gasteiger charge is 2.19. The first kappa shape index (κ1) is 19.4. The number of nitrogens with zero attached hydrogens (tertiary/aromatic N) is 1. The molecule has 0 unspecified atom stereocenters. The number of ether oxygens (including phenoxy) is 1. The van der Waals surface area contributed by atoms with E-state index >= 15 is 0 Å². The first-order valence-electron chi connectivity index (χ1n) is 8.91. The molecule has 1 aromatic heterocycles. The molecule has 5 heteroatoms. The van der Waals surface area contributed by atoms with E-state index in [0.717, 1.165) is 32.8 Å². The minimum absolute atomic E-state index is 0.00911. The summed E-state index contributed by atoms with van der Waals surface area (Å²) in [6, 6.07) is 10.9. The maximum Gasteiger partial charge on any atom is 0.181 e. The molecule has 0 bridgehead atoms. The Labute approximate surface area is 164 Å². The molecule has 142 valence electrons. The zero-order valence-electron chi connectivity index (χ0n) is 16.4. The maximum atomic E-state index is 14.3. The molecule has 1 heterocycles. The molecule has 3 nitrogen and oxygen atoms in total. The number of nitrogens with two attached hydrogens (primary N) is 1. The third kappa shape index (κ3) is 4.48. The second kappa shape index (κ2) is 7.31. The number of anilines is 1. The third-order valence-electron chi connectivity index (χ3n) is 4.17. The molecule has 27 heavy (non-hydrogen) atoms. The molecule has 0 fully saturated rings. The van der Waals surface area contributed by atoms with Crippen LogP contribution in [0.25, 0.3) is 21.7 Å². The lowest BCUT2D eigenvalue weighted by Gasteiger charge is -2.19. The summed E-state index contributed by atoms with van der Waals surface area (Å²) in [5.41, 5.74) is 10.8. The highest BCUT2D eigenvalue weighted by molar-refractivity contribution is 7.19. The van der Waals surface area contributed by atoms with Crippen molar-refractivity contribution in [3.8, 4) is 27.4 Å². The zero-order valence-corrected chi connectivity index (χ0v) is 17.2. The van der Waals surface area contributed by atoms with Crippen LogP contribution in [0.3, 0.4) is 0 Å². The highest BCUT2D eigenvalue weighted by atomic mass is 32.1. The normalized spacial score (nSPS) is 11.6. The van der Waals surface area contributed by atoms with Crippen LogP contribution >= 0.6 is 11.3 Å². The van der Waals surface area contributed by atoms with Gasteiger partial charge in [-0.15, -0.1) is 0 Å². The van der Waals surface area contributed by atoms with Gasteiger partial charge in [-0.3, -0.25) is 0 Å². The van der Waals surface area contributed by atoms with E-state index in [0.29, 0.717) is 17.5 Å². The standard InChI is InChI=1S/C22H25FN2OS/c1-13-7-6-8-14(2)18(13)19-20(27-21(24)25-19)15-9-16(23)11-17(10-15)26-12-22(3,4)5/h6-11H,12H2,1-5H3,(H2,24,25). The molecule has 2 aromatic carbocycles. The number of nitrogen functional groups attached to an aromatic ring is 1. The molecule has 3 aromatic rings. The van der Waals surface area contributed by atoms with Gasteiger partial charge in [0.05, 0.1) is 17.2 Å². The zero-order chi connectivity index (χ0) is 19.8. The second-order valence-corrected chi connectivity index (χ2v) is 9.05. The van der Waals surface area contributed by atoms with Crippen LogP contribution in [0, 0.1) is 25.1 Å². The van der Waals surface area contributed by atoms with Gasteiger partial charge in [-0.05, 0) is 42.5 Å². The van der Waals surface area contributed by atoms with E-state index in [1.807, 2.05) is 38.1 Å². The van der Waals surface area contributed by atoms with Gasteiger partial charge in [-0.25, -0.2) is 9.37 Å². The fourth-order valence-corrected chi connectivity index (χ4v) is 3.79. The summed E-state index contributed by atoms with van der Waals surface area (Å²) in [6.07, 6.45) is 0. The summed E-state index contributed by atoms with van der Waals surface area (Å²) in [5.74, 6) is 0.176. The van der Waals surface area contributed by atoms with Gasteiger partial charge in [0, 0.05) is 17.2 Å². The lowest BCUT2D eigenvalue weighted by molar-refractivity contribution is 0.197. The van der Waals surface area contributed by atoms with E-state index in [4.69, 9.17) is 10.5 Å². The summed E-state index contributed by atoms with van der Waals surface area (Å²) in [4.78, 5) is 5.41. The van der Waals surface area contributed by atoms with Gasteiger partial charge in [-0.2, -0.15) is 0 Å². The van der Waals surface area contributed by atoms with E-state index < -0.39 is 0 Å². The molecule has 0 aliphatic heterocycles. The Morgan fingerprint density at radius 2 is 1.78 bits per heavy atom. The maximum absolute atomic E-state index is 14.3. The van der Waals surface area contributed by atoms with Crippen molar-refractivity contribution >= 4 is 16.5 Å². The Balaban J connectivity index is 2.09. The summed E-state index contributed by atoms with van der Waals surface area (Å²) < 4.78 is 20.1. The molecule has 0 aliphatic carbocycles. The van der Waals surface area contributed by atoms with Crippen LogP contribution in [0.4, 0.5) is 9.52 Å². The number of hydrogen-bond acceptors (Lipinski definition) is 4. The van der Waals surface area contributed by atoms with Gasteiger partial charge >= 0.3 is 0 Å². The van der Waals surface area contributed by atoms with Crippen molar-refractivity contribution in [3.63, 3.8) is 0 Å². The molecule has 0 aliphatic rings. The Morgan fingerprint density at radius 3 is 2.41 bits per heavy atom. The Morgan fingerprint density at radius 1 is 1.11 bits per heavy atom. The number of aromatic nitrogens is 1. The summed E-state index contributed by atoms with van der Waals surface area (Å²) in [7, 11) is 0. The van der Waals surface area contributed by atoms with E-state index in [2.05, 4.69) is 25.8 Å². The molecule has 3 rings (SSSR count). The summed E-state index contributed by atoms with van der Waals surface area (Å²) >= 11 is 1.37. The van der Waals surface area contributed by atoms with Crippen molar-refractivity contribution in [2.24, 2.45) is 5.41 Å². The van der Waals surface area contributed by atoms with Gasteiger partial charge in [0.25, 0.3) is 0 Å². The summed E-state index contributed by atoms with van der Waals surface area (Å²) in [5, 5.41) is 0.462. The van der Waals surface area contributed by atoms with Crippen LogP contribution in [0.15, 0.2) is 36.4 Å². The van der Waals surface area contributed by atoms with Crippen molar-refractivity contribution in [2.75, 3.05) is 12.3 Å². The molecule has 2 N–H and O–H groups in total. The molecular weight excluding hydrogens is 359 g/mol. The van der Waals surface area contributed by atoms with Gasteiger partial charge in [0.2, 0.25) is 0 Å². The molecule has 0 amide bonds. The van der Waals surface area contributed by atoms with Crippen LogP contribution in [0.5, 0.6) is 5.75 Å². The lowest BCUT2D eigenvalue weighted by Crippen LogP contribution is -2.16. The first-order chi connectivity index (χ1) is 12.6. The Hall–Kier alpha value is -2.40. The highest BCUT2D eigenvalue weighted by Crippen LogP contribution is 2.41. The van der Waals surface area contributed by atoms with E-state index in [9.17, 15) is 4.39 Å². The topological polar surface area (TPSA) is 48.1 Å². The van der Waals surface area contributed by atoms with Crippen molar-refractivity contribution < 1.29 is 9.13 Å². The summed E-state index contributed by atoms with van der Waals surface area (Å²) in [6.45, 7) is 10.8. The van der Waals surface area contributed by atoms with Crippen molar-refractivity contribution in [2.45, 2.75) is 34.6 Å². The predicted molar refractivity (Wildman–Crippen MR) is 112 cm³/mol. The number of thiazole rings is 1. The molecule has 0 spiro atoms. The average Bonchev–Trinajstić information content (AvgIpc) is 2.93. The molecule has 0 atom stereocenters. The molecule has 0 saturated carbocycles. The number of benzene rings is 2. The largest absolute Gasteiger partial charge is 0.493 e. The smallest absolute Gasteiger partial charge is 0.181 e. The fourth-order valence-electron chi connectivity index (χ4n) is 2.97. The SMILES string of the molecule is Cc1cccc(C)c1-c1nc(N)sc1-c1cc(F)cc(OCC(C)(C)C)c1. The van der Waals surface area contributed by atoms with Crippen molar-refractivity contribution in [3.05, 3.63) is 53.3 Å². The van der Waals surface area contributed by atoms with E-state index in [-0.39, 0.29) is 11.2 Å². The predicted octanol–water partition coefficient (Wildman–Crippen LogP) is 6.24. The average molecular weight is 385 g/mol. The number of hydrogen-bond donors (Lipinski definition) is 1. The molecule has 0 radical (unpaired) electrons. The fraction of sp³-hybridized carbons (Fsp3) is 0.318. The molecule has 0 saturated heterocycles. The van der Waals surface area contributed by atoms with Crippen LogP contribution in [-0.4, -0.2) is 11.6 Å². The van der Waals surface area contributed by atoms with Gasteiger partial charge in [-0.1, -0.05) is 50.3 Å². The quantitative estimate of drug-likeness (QED) is 0.579. The Bertz CT molecular complexity index is 953. The van der Waals surface area contributed by atoms with Crippen LogP contribution < -0.4 is 10.5 Å². The van der Waals surface area contributed by atoms with Crippen LogP contribution in [0.1, 0.15) is 31.9 Å². The number of aryl methyl sites for hydroxylation is 2. The first-order valence-corrected chi connectivity index (χ1v) is 9.72. The minimum atomic E-state index is -0.337. The van der Waals surface area contributed by atoms with E-state index in [1.165, 1.54) is 23.5 Å². The number of rotatable bonds is 4. The van der Waals surface area contributed by atoms with Gasteiger partial charge in [0.15, 0.2) is 5.13 Å². The molecular formula is C22H25FN2OS. The minimum Gasteiger partial charge on any atom is -0.493 e. The monoisotopic (exact) mass is 384 g/mol. The van der Waals surface area contributed by atoms with Crippen molar-refractivity contribution in [1.29, 1.82) is 0 Å². The van der Waals surface area contributed by atoms with Crippen LogP contribution in [-0.2, 0) is 0 Å². The number of halogens is 1. The Kier molecular flexibility index (Phi) is 5.24. The van der Waals surface area contributed by atoms with Gasteiger partial charge in [0.1, 0.15) is 11.6 Å². The van der Waals surface area contributed by atoms with Crippen molar-refractivity contribution in [1.82, 2.24) is 4.98 Å².